The van der Waals surface area contributed by atoms with E-state index in [1.54, 1.807) is 31.4 Å². The van der Waals surface area contributed by atoms with Gasteiger partial charge in [-0.1, -0.05) is 0 Å². The number of carbonyl (C=O) groups excluding carboxylic acids is 1. The SMILES string of the molecule is COc1ccc(NC(=O)c2ccnn2CC(=O)O)cc1. The Morgan fingerprint density at radius 2 is 2.00 bits per heavy atom. The summed E-state index contributed by atoms with van der Waals surface area (Å²) in [7, 11) is 1.55. The van der Waals surface area contributed by atoms with E-state index in [0.29, 0.717) is 11.4 Å². The number of rotatable bonds is 5. The molecule has 0 saturated carbocycles. The molecule has 1 aromatic carbocycles. The molecule has 7 heteroatoms. The maximum Gasteiger partial charge on any atom is 0.325 e. The van der Waals surface area contributed by atoms with E-state index in [4.69, 9.17) is 9.84 Å². The van der Waals surface area contributed by atoms with E-state index in [1.165, 1.54) is 12.3 Å². The van der Waals surface area contributed by atoms with Crippen LogP contribution < -0.4 is 10.1 Å². The number of nitrogens with zero attached hydrogens (tertiary/aromatic N) is 2. The van der Waals surface area contributed by atoms with E-state index in [9.17, 15) is 9.59 Å². The van der Waals surface area contributed by atoms with Crippen LogP contribution in [0, 0.1) is 0 Å². The first kappa shape index (κ1) is 13.6. The number of methoxy groups -OCH3 is 1. The summed E-state index contributed by atoms with van der Waals surface area (Å²) >= 11 is 0. The maximum absolute atomic E-state index is 12.0. The lowest BCUT2D eigenvalue weighted by Crippen LogP contribution is -2.20. The molecule has 20 heavy (non-hydrogen) atoms. The molecule has 0 bridgehead atoms. The van der Waals surface area contributed by atoms with Crippen LogP contribution in [0.3, 0.4) is 0 Å². The first-order valence-electron chi connectivity index (χ1n) is 5.79. The van der Waals surface area contributed by atoms with Crippen LogP contribution >= 0.6 is 0 Å². The van der Waals surface area contributed by atoms with Gasteiger partial charge in [0.1, 0.15) is 18.0 Å². The zero-order valence-corrected chi connectivity index (χ0v) is 10.7. The van der Waals surface area contributed by atoms with E-state index in [-0.39, 0.29) is 12.2 Å². The number of aromatic nitrogens is 2. The molecule has 0 aliphatic carbocycles. The average Bonchev–Trinajstić information content (AvgIpc) is 2.87. The van der Waals surface area contributed by atoms with Crippen LogP contribution in [0.1, 0.15) is 10.5 Å². The highest BCUT2D eigenvalue weighted by molar-refractivity contribution is 6.03. The van der Waals surface area contributed by atoms with Crippen LogP contribution in [0.25, 0.3) is 0 Å². The molecule has 0 unspecified atom stereocenters. The monoisotopic (exact) mass is 275 g/mol. The van der Waals surface area contributed by atoms with Crippen molar-refractivity contribution in [2.45, 2.75) is 6.54 Å². The number of hydrogen-bond donors (Lipinski definition) is 2. The maximum atomic E-state index is 12.0. The van der Waals surface area contributed by atoms with Gasteiger partial charge in [0, 0.05) is 11.9 Å². The highest BCUT2D eigenvalue weighted by Crippen LogP contribution is 2.15. The number of hydrogen-bond acceptors (Lipinski definition) is 4. The Morgan fingerprint density at radius 3 is 2.60 bits per heavy atom. The Kier molecular flexibility index (Phi) is 3.99. The van der Waals surface area contributed by atoms with Gasteiger partial charge in [0.2, 0.25) is 0 Å². The molecule has 2 N–H and O–H groups in total. The number of carboxylic acids is 1. The Morgan fingerprint density at radius 1 is 1.30 bits per heavy atom. The van der Waals surface area contributed by atoms with Crippen molar-refractivity contribution >= 4 is 17.6 Å². The van der Waals surface area contributed by atoms with Crippen molar-refractivity contribution in [3.8, 4) is 5.75 Å². The van der Waals surface area contributed by atoms with Gasteiger partial charge in [0.25, 0.3) is 5.91 Å². The molecule has 2 rings (SSSR count). The number of benzene rings is 1. The molecule has 0 aliphatic heterocycles. The second-order valence-electron chi connectivity index (χ2n) is 3.95. The largest absolute Gasteiger partial charge is 0.497 e. The molecule has 0 radical (unpaired) electrons. The van der Waals surface area contributed by atoms with Crippen molar-refractivity contribution in [3.05, 3.63) is 42.2 Å². The number of aliphatic carboxylic acids is 1. The van der Waals surface area contributed by atoms with Crippen molar-refractivity contribution < 1.29 is 19.4 Å². The fourth-order valence-corrected chi connectivity index (χ4v) is 1.65. The van der Waals surface area contributed by atoms with Gasteiger partial charge in [0.15, 0.2) is 0 Å². The van der Waals surface area contributed by atoms with E-state index >= 15 is 0 Å². The highest BCUT2D eigenvalue weighted by atomic mass is 16.5. The summed E-state index contributed by atoms with van der Waals surface area (Å²) in [6.45, 7) is -0.363. The second-order valence-corrected chi connectivity index (χ2v) is 3.95. The predicted octanol–water partition coefficient (Wildman–Crippen LogP) is 1.23. The van der Waals surface area contributed by atoms with Gasteiger partial charge < -0.3 is 15.2 Å². The summed E-state index contributed by atoms with van der Waals surface area (Å²) in [5.74, 6) is -0.806. The first-order chi connectivity index (χ1) is 9.60. The lowest BCUT2D eigenvalue weighted by atomic mass is 10.3. The molecule has 0 saturated heterocycles. The molecular weight excluding hydrogens is 262 g/mol. The van der Waals surface area contributed by atoms with Gasteiger partial charge in [-0.2, -0.15) is 5.10 Å². The lowest BCUT2D eigenvalue weighted by Gasteiger charge is -2.07. The minimum atomic E-state index is -1.06. The molecule has 2 aromatic rings. The van der Waals surface area contributed by atoms with Crippen LogP contribution in [0.4, 0.5) is 5.69 Å². The van der Waals surface area contributed by atoms with Gasteiger partial charge in [-0.05, 0) is 30.3 Å². The fourth-order valence-electron chi connectivity index (χ4n) is 1.65. The van der Waals surface area contributed by atoms with Crippen molar-refractivity contribution in [2.24, 2.45) is 0 Å². The third kappa shape index (κ3) is 3.14. The van der Waals surface area contributed by atoms with E-state index in [2.05, 4.69) is 10.4 Å². The quantitative estimate of drug-likeness (QED) is 0.856. The van der Waals surface area contributed by atoms with Crippen LogP contribution in [-0.4, -0.2) is 33.9 Å². The van der Waals surface area contributed by atoms with Crippen molar-refractivity contribution in [2.75, 3.05) is 12.4 Å². The van der Waals surface area contributed by atoms with Crippen LogP contribution in [0.15, 0.2) is 36.5 Å². The highest BCUT2D eigenvalue weighted by Gasteiger charge is 2.14. The summed E-state index contributed by atoms with van der Waals surface area (Å²) in [5.41, 5.74) is 0.766. The minimum absolute atomic E-state index is 0.184. The van der Waals surface area contributed by atoms with E-state index < -0.39 is 11.9 Å². The molecule has 1 aromatic heterocycles. The topological polar surface area (TPSA) is 93.5 Å². The Hall–Kier alpha value is -2.83. The van der Waals surface area contributed by atoms with Crippen molar-refractivity contribution in [1.82, 2.24) is 9.78 Å². The lowest BCUT2D eigenvalue weighted by molar-refractivity contribution is -0.137. The Balaban J connectivity index is 2.11. The molecule has 0 fully saturated rings. The standard InChI is InChI=1S/C13H13N3O4/c1-20-10-4-2-9(3-5-10)15-13(19)11-6-7-14-16(11)8-12(17)18/h2-7H,8H2,1H3,(H,15,19)(H,17,18). The number of nitrogens with one attached hydrogen (secondary N) is 1. The number of anilines is 1. The van der Waals surface area contributed by atoms with E-state index in [1.807, 2.05) is 0 Å². The van der Waals surface area contributed by atoms with Crippen LogP contribution in [0.5, 0.6) is 5.75 Å². The molecule has 104 valence electrons. The smallest absolute Gasteiger partial charge is 0.325 e. The van der Waals surface area contributed by atoms with Gasteiger partial charge in [0.05, 0.1) is 7.11 Å². The van der Waals surface area contributed by atoms with Crippen molar-refractivity contribution in [1.29, 1.82) is 0 Å². The molecular formula is C13H13N3O4. The van der Waals surface area contributed by atoms with Gasteiger partial charge in [-0.15, -0.1) is 0 Å². The molecule has 0 aliphatic rings. The van der Waals surface area contributed by atoms with Crippen molar-refractivity contribution in [3.63, 3.8) is 0 Å². The number of carbonyl (C=O) groups is 2. The second kappa shape index (κ2) is 5.87. The number of amides is 1. The summed E-state index contributed by atoms with van der Waals surface area (Å²) < 4.78 is 6.14. The Labute approximate surface area is 114 Å². The predicted molar refractivity (Wildman–Crippen MR) is 70.8 cm³/mol. The van der Waals surface area contributed by atoms with Crippen LogP contribution in [-0.2, 0) is 11.3 Å². The zero-order valence-electron chi connectivity index (χ0n) is 10.7. The Bertz CT molecular complexity index is 619. The summed E-state index contributed by atoms with van der Waals surface area (Å²) in [6, 6.07) is 8.26. The van der Waals surface area contributed by atoms with Gasteiger partial charge in [-0.25, -0.2) is 4.68 Å². The molecule has 0 spiro atoms. The summed E-state index contributed by atoms with van der Waals surface area (Å²) in [5, 5.41) is 15.2. The average molecular weight is 275 g/mol. The van der Waals surface area contributed by atoms with E-state index in [0.717, 1.165) is 4.68 Å². The zero-order chi connectivity index (χ0) is 14.5. The third-order valence-electron chi connectivity index (χ3n) is 2.58. The summed E-state index contributed by atoms with van der Waals surface area (Å²) in [4.78, 5) is 22.7. The first-order valence-corrected chi connectivity index (χ1v) is 5.79. The fraction of sp³-hybridized carbons (Fsp3) is 0.154. The minimum Gasteiger partial charge on any atom is -0.497 e. The van der Waals surface area contributed by atoms with Crippen LogP contribution in [0.2, 0.25) is 0 Å². The van der Waals surface area contributed by atoms with Gasteiger partial charge in [-0.3, -0.25) is 9.59 Å². The number of ether oxygens (including phenoxy) is 1. The van der Waals surface area contributed by atoms with Gasteiger partial charge >= 0.3 is 5.97 Å². The molecule has 0 atom stereocenters. The molecule has 1 amide bonds. The normalized spacial score (nSPS) is 10.1. The molecule has 7 nitrogen and oxygen atoms in total. The molecule has 1 heterocycles. The number of carboxylic acid groups (broad SMARTS) is 1. The summed E-state index contributed by atoms with van der Waals surface area (Å²) in [6.07, 6.45) is 1.38. The third-order valence-corrected chi connectivity index (χ3v) is 2.58.